The molecular formula is C16H9F3IN3O2. The van der Waals surface area contributed by atoms with Crippen LogP contribution in [0.5, 0.6) is 0 Å². The van der Waals surface area contributed by atoms with E-state index < -0.39 is 17.6 Å². The SMILES string of the molecule is O=C(Nc1nnc(-c2cccc(C(F)(F)F)c2)o1)c1cccc(I)c1. The van der Waals surface area contributed by atoms with Gasteiger partial charge in [-0.15, -0.1) is 5.10 Å². The third kappa shape index (κ3) is 4.16. The lowest BCUT2D eigenvalue weighted by atomic mass is 10.1. The first-order valence-corrected chi connectivity index (χ1v) is 7.99. The van der Waals surface area contributed by atoms with Gasteiger partial charge in [0.2, 0.25) is 5.89 Å². The van der Waals surface area contributed by atoms with Crippen molar-refractivity contribution >= 4 is 34.5 Å². The van der Waals surface area contributed by atoms with Crippen molar-refractivity contribution in [2.45, 2.75) is 6.18 Å². The first kappa shape index (κ1) is 17.4. The molecule has 0 radical (unpaired) electrons. The second kappa shape index (κ2) is 6.82. The van der Waals surface area contributed by atoms with Gasteiger partial charge in [-0.2, -0.15) is 13.2 Å². The zero-order chi connectivity index (χ0) is 18.0. The van der Waals surface area contributed by atoms with Gasteiger partial charge in [0.25, 0.3) is 5.91 Å². The van der Waals surface area contributed by atoms with E-state index in [4.69, 9.17) is 4.42 Å². The van der Waals surface area contributed by atoms with Crippen LogP contribution in [-0.4, -0.2) is 16.1 Å². The van der Waals surface area contributed by atoms with Crippen LogP contribution in [0.15, 0.2) is 52.9 Å². The van der Waals surface area contributed by atoms with Crippen molar-refractivity contribution in [2.75, 3.05) is 5.32 Å². The van der Waals surface area contributed by atoms with E-state index in [-0.39, 0.29) is 17.5 Å². The second-order valence-corrected chi connectivity index (χ2v) is 6.20. The number of anilines is 1. The molecule has 0 unspecified atom stereocenters. The van der Waals surface area contributed by atoms with Crippen molar-refractivity contribution < 1.29 is 22.4 Å². The molecule has 2 aromatic carbocycles. The molecule has 3 aromatic rings. The zero-order valence-electron chi connectivity index (χ0n) is 12.3. The number of aromatic nitrogens is 2. The Hall–Kier alpha value is -2.43. The molecule has 9 heteroatoms. The van der Waals surface area contributed by atoms with Crippen LogP contribution in [0.2, 0.25) is 0 Å². The van der Waals surface area contributed by atoms with Gasteiger partial charge < -0.3 is 4.42 Å². The van der Waals surface area contributed by atoms with E-state index in [2.05, 4.69) is 38.1 Å². The molecule has 25 heavy (non-hydrogen) atoms. The largest absolute Gasteiger partial charge is 0.416 e. The average Bonchev–Trinajstić information content (AvgIpc) is 3.03. The van der Waals surface area contributed by atoms with Crippen LogP contribution >= 0.6 is 22.6 Å². The standard InChI is InChI=1S/C16H9F3IN3O2/c17-16(18,19)11-5-1-4-10(7-11)14-22-23-15(25-14)21-13(24)9-3-2-6-12(20)8-9/h1-8H,(H,21,23,24). The van der Waals surface area contributed by atoms with Gasteiger partial charge in [-0.05, 0) is 59.0 Å². The zero-order valence-corrected chi connectivity index (χ0v) is 14.5. The predicted octanol–water partition coefficient (Wildman–Crippen LogP) is 4.61. The molecule has 0 saturated heterocycles. The number of nitrogens with one attached hydrogen (secondary N) is 1. The molecule has 0 spiro atoms. The lowest BCUT2D eigenvalue weighted by Crippen LogP contribution is -2.12. The van der Waals surface area contributed by atoms with Gasteiger partial charge in [0.15, 0.2) is 0 Å². The first-order valence-electron chi connectivity index (χ1n) is 6.91. The highest BCUT2D eigenvalue weighted by Crippen LogP contribution is 2.32. The van der Waals surface area contributed by atoms with Gasteiger partial charge in [0.1, 0.15) is 0 Å². The van der Waals surface area contributed by atoms with Crippen LogP contribution in [0.4, 0.5) is 19.2 Å². The summed E-state index contributed by atoms with van der Waals surface area (Å²) in [5.74, 6) is -0.582. The number of nitrogens with zero attached hydrogens (tertiary/aromatic N) is 2. The van der Waals surface area contributed by atoms with Crippen molar-refractivity contribution in [1.82, 2.24) is 10.2 Å². The number of benzene rings is 2. The highest BCUT2D eigenvalue weighted by Gasteiger charge is 2.30. The molecule has 3 rings (SSSR count). The number of carbonyl (C=O) groups excluding carboxylic acids is 1. The number of halogens is 4. The van der Waals surface area contributed by atoms with E-state index >= 15 is 0 Å². The van der Waals surface area contributed by atoms with E-state index in [1.165, 1.54) is 12.1 Å². The molecule has 5 nitrogen and oxygen atoms in total. The van der Waals surface area contributed by atoms with Gasteiger partial charge >= 0.3 is 12.2 Å². The van der Waals surface area contributed by atoms with E-state index in [1.807, 2.05) is 6.07 Å². The molecule has 0 aliphatic heterocycles. The number of hydrogen-bond acceptors (Lipinski definition) is 4. The molecule has 1 aromatic heterocycles. The number of amides is 1. The Labute approximate surface area is 153 Å². The van der Waals surface area contributed by atoms with Crippen molar-refractivity contribution in [3.63, 3.8) is 0 Å². The van der Waals surface area contributed by atoms with Gasteiger partial charge in [-0.25, -0.2) is 0 Å². The highest BCUT2D eigenvalue weighted by atomic mass is 127. The summed E-state index contributed by atoms with van der Waals surface area (Å²) in [4.78, 5) is 12.1. The van der Waals surface area contributed by atoms with Crippen LogP contribution in [0.1, 0.15) is 15.9 Å². The average molecular weight is 459 g/mol. The lowest BCUT2D eigenvalue weighted by Gasteiger charge is -2.06. The van der Waals surface area contributed by atoms with Gasteiger partial charge in [0, 0.05) is 14.7 Å². The third-order valence-corrected chi connectivity index (χ3v) is 3.84. The van der Waals surface area contributed by atoms with Crippen LogP contribution in [-0.2, 0) is 6.18 Å². The van der Waals surface area contributed by atoms with E-state index in [1.54, 1.807) is 18.2 Å². The smallest absolute Gasteiger partial charge is 0.403 e. The normalized spacial score (nSPS) is 11.4. The summed E-state index contributed by atoms with van der Waals surface area (Å²) < 4.78 is 44.4. The number of alkyl halides is 3. The lowest BCUT2D eigenvalue weighted by molar-refractivity contribution is -0.137. The Bertz CT molecular complexity index is 925. The maximum atomic E-state index is 12.8. The molecule has 0 atom stereocenters. The maximum Gasteiger partial charge on any atom is 0.416 e. The Kier molecular flexibility index (Phi) is 4.75. The molecule has 128 valence electrons. The monoisotopic (exact) mass is 459 g/mol. The Morgan fingerprint density at radius 1 is 1.08 bits per heavy atom. The fraction of sp³-hybridized carbons (Fsp3) is 0.0625. The Morgan fingerprint density at radius 3 is 2.56 bits per heavy atom. The van der Waals surface area contributed by atoms with Crippen LogP contribution in [0, 0.1) is 3.57 Å². The van der Waals surface area contributed by atoms with E-state index in [0.717, 1.165) is 15.7 Å². The number of rotatable bonds is 3. The van der Waals surface area contributed by atoms with Crippen molar-refractivity contribution in [3.05, 3.63) is 63.2 Å². The molecule has 0 aliphatic carbocycles. The summed E-state index contributed by atoms with van der Waals surface area (Å²) in [5.41, 5.74) is -0.324. The summed E-state index contributed by atoms with van der Waals surface area (Å²) in [5, 5.41) is 9.73. The van der Waals surface area contributed by atoms with Crippen molar-refractivity contribution in [3.8, 4) is 11.5 Å². The first-order chi connectivity index (χ1) is 11.8. The summed E-state index contributed by atoms with van der Waals surface area (Å²) in [6.45, 7) is 0. The second-order valence-electron chi connectivity index (χ2n) is 4.96. The Balaban J connectivity index is 1.80. The van der Waals surface area contributed by atoms with Crippen LogP contribution < -0.4 is 5.32 Å². The van der Waals surface area contributed by atoms with Gasteiger partial charge in [-0.3, -0.25) is 10.1 Å². The summed E-state index contributed by atoms with van der Waals surface area (Å²) >= 11 is 2.07. The van der Waals surface area contributed by atoms with Crippen LogP contribution in [0.25, 0.3) is 11.5 Å². The molecule has 0 saturated carbocycles. The number of carbonyl (C=O) groups is 1. The number of hydrogen-bond donors (Lipinski definition) is 1. The minimum absolute atomic E-state index is 0.108. The van der Waals surface area contributed by atoms with Crippen LogP contribution in [0.3, 0.4) is 0 Å². The molecular weight excluding hydrogens is 450 g/mol. The van der Waals surface area contributed by atoms with Crippen molar-refractivity contribution in [2.24, 2.45) is 0 Å². The van der Waals surface area contributed by atoms with E-state index in [9.17, 15) is 18.0 Å². The Morgan fingerprint density at radius 2 is 1.84 bits per heavy atom. The quantitative estimate of drug-likeness (QED) is 0.581. The molecule has 1 heterocycles. The predicted molar refractivity (Wildman–Crippen MR) is 91.8 cm³/mol. The maximum absolute atomic E-state index is 12.8. The highest BCUT2D eigenvalue weighted by molar-refractivity contribution is 14.1. The van der Waals surface area contributed by atoms with Gasteiger partial charge in [-0.1, -0.05) is 17.2 Å². The molecule has 0 bridgehead atoms. The molecule has 1 N–H and O–H groups in total. The summed E-state index contributed by atoms with van der Waals surface area (Å²) in [7, 11) is 0. The molecule has 0 fully saturated rings. The molecule has 0 aliphatic rings. The minimum Gasteiger partial charge on any atom is -0.403 e. The fourth-order valence-electron chi connectivity index (χ4n) is 2.02. The minimum atomic E-state index is -4.47. The molecule has 1 amide bonds. The van der Waals surface area contributed by atoms with Crippen molar-refractivity contribution in [1.29, 1.82) is 0 Å². The summed E-state index contributed by atoms with van der Waals surface area (Å²) in [6, 6.07) is 11.1. The fourth-order valence-corrected chi connectivity index (χ4v) is 2.56. The van der Waals surface area contributed by atoms with Gasteiger partial charge in [0.05, 0.1) is 5.56 Å². The topological polar surface area (TPSA) is 68.0 Å². The third-order valence-electron chi connectivity index (χ3n) is 3.17. The summed E-state index contributed by atoms with van der Waals surface area (Å²) in [6.07, 6.45) is -4.47. The van der Waals surface area contributed by atoms with E-state index in [0.29, 0.717) is 5.56 Å².